The minimum absolute atomic E-state index is 0.0101. The summed E-state index contributed by atoms with van der Waals surface area (Å²) < 4.78 is 13.7. The second kappa shape index (κ2) is 2.71. The van der Waals surface area contributed by atoms with E-state index < -0.39 is 5.13 Å². The van der Waals surface area contributed by atoms with Gasteiger partial charge in [0.25, 0.3) is 0 Å². The predicted molar refractivity (Wildman–Crippen MR) is 48.2 cm³/mol. The highest BCUT2D eigenvalue weighted by Gasteiger charge is 2.11. The van der Waals surface area contributed by atoms with Crippen LogP contribution in [-0.4, -0.2) is 5.11 Å². The lowest BCUT2D eigenvalue weighted by atomic mass is 10.2. The molecule has 0 spiro atoms. The maximum absolute atomic E-state index is 13.1. The quantitative estimate of drug-likeness (QED) is 0.698. The molecule has 1 heterocycles. The second-order valence-corrected chi connectivity index (χ2v) is 3.55. The number of hydrogen-bond acceptors (Lipinski definition) is 3. The van der Waals surface area contributed by atoms with Crippen LogP contribution in [0.5, 0.6) is 5.75 Å². The Hall–Kier alpha value is -1.60. The van der Waals surface area contributed by atoms with Crippen molar-refractivity contribution in [2.75, 3.05) is 0 Å². The Morgan fingerprint density at radius 2 is 2.23 bits per heavy atom. The first kappa shape index (κ1) is 8.02. The molecule has 64 valence electrons. The summed E-state index contributed by atoms with van der Waals surface area (Å²) in [6.45, 7) is 0. The van der Waals surface area contributed by atoms with Crippen LogP contribution in [0.25, 0.3) is 10.1 Å². The average Bonchev–Trinajstić information content (AvgIpc) is 2.40. The van der Waals surface area contributed by atoms with Crippen LogP contribution in [0.4, 0.5) is 4.39 Å². The highest BCUT2D eigenvalue weighted by atomic mass is 32.1. The third kappa shape index (κ3) is 1.14. The van der Waals surface area contributed by atoms with Gasteiger partial charge in [0.1, 0.15) is 17.4 Å². The largest absolute Gasteiger partial charge is 0.508 e. The number of fused-ring (bicyclic) bond motifs is 1. The van der Waals surface area contributed by atoms with Gasteiger partial charge < -0.3 is 5.11 Å². The monoisotopic (exact) mass is 193 g/mol. The van der Waals surface area contributed by atoms with Crippen LogP contribution in [0.1, 0.15) is 5.56 Å². The van der Waals surface area contributed by atoms with E-state index in [0.717, 1.165) is 11.3 Å². The van der Waals surface area contributed by atoms with E-state index in [1.54, 1.807) is 12.1 Å². The van der Waals surface area contributed by atoms with Gasteiger partial charge in [-0.3, -0.25) is 0 Å². The van der Waals surface area contributed by atoms with E-state index in [9.17, 15) is 4.39 Å². The number of aromatic hydroxyl groups is 1. The fourth-order valence-corrected chi connectivity index (χ4v) is 2.02. The minimum atomic E-state index is -0.497. The van der Waals surface area contributed by atoms with Crippen molar-refractivity contribution in [3.05, 3.63) is 28.9 Å². The number of rotatable bonds is 0. The summed E-state index contributed by atoms with van der Waals surface area (Å²) in [5, 5.41) is 17.7. The first-order valence-corrected chi connectivity index (χ1v) is 4.35. The first-order valence-electron chi connectivity index (χ1n) is 3.53. The van der Waals surface area contributed by atoms with Crippen molar-refractivity contribution in [2.45, 2.75) is 0 Å². The number of nitriles is 1. The molecule has 2 rings (SSSR count). The van der Waals surface area contributed by atoms with Gasteiger partial charge in [0.15, 0.2) is 5.13 Å². The minimum Gasteiger partial charge on any atom is -0.508 e. The van der Waals surface area contributed by atoms with Gasteiger partial charge in [-0.25, -0.2) is 0 Å². The van der Waals surface area contributed by atoms with Crippen LogP contribution in [0.15, 0.2) is 18.2 Å². The summed E-state index contributed by atoms with van der Waals surface area (Å²) in [6.07, 6.45) is 0. The lowest BCUT2D eigenvalue weighted by molar-refractivity contribution is 0.476. The number of thiophene rings is 1. The van der Waals surface area contributed by atoms with Crippen LogP contribution < -0.4 is 0 Å². The van der Waals surface area contributed by atoms with E-state index in [1.807, 2.05) is 0 Å². The van der Waals surface area contributed by atoms with E-state index in [2.05, 4.69) is 0 Å². The van der Waals surface area contributed by atoms with Crippen molar-refractivity contribution in [1.82, 2.24) is 0 Å². The maximum Gasteiger partial charge on any atom is 0.195 e. The van der Waals surface area contributed by atoms with Gasteiger partial charge in [0.05, 0.1) is 0 Å². The van der Waals surface area contributed by atoms with Gasteiger partial charge in [0, 0.05) is 10.1 Å². The van der Waals surface area contributed by atoms with E-state index >= 15 is 0 Å². The highest BCUT2D eigenvalue weighted by Crippen LogP contribution is 2.31. The molecule has 0 aliphatic rings. The maximum atomic E-state index is 13.1. The Morgan fingerprint density at radius 3 is 2.92 bits per heavy atom. The number of benzene rings is 1. The van der Waals surface area contributed by atoms with Gasteiger partial charge in [0.2, 0.25) is 0 Å². The van der Waals surface area contributed by atoms with Crippen molar-refractivity contribution >= 4 is 21.4 Å². The third-order valence-electron chi connectivity index (χ3n) is 1.74. The summed E-state index contributed by atoms with van der Waals surface area (Å²) in [5.74, 6) is 0.0433. The summed E-state index contributed by atoms with van der Waals surface area (Å²) >= 11 is 0.912. The molecule has 0 unspecified atom stereocenters. The molecule has 0 amide bonds. The molecule has 13 heavy (non-hydrogen) atoms. The van der Waals surface area contributed by atoms with Crippen LogP contribution in [0, 0.1) is 16.5 Å². The Labute approximate surface area is 77.5 Å². The molecule has 1 aromatic heterocycles. The SMILES string of the molecule is N#Cc1c(F)sc2ccc(O)cc12. The van der Waals surface area contributed by atoms with Crippen molar-refractivity contribution in [2.24, 2.45) is 0 Å². The topological polar surface area (TPSA) is 44.0 Å². The number of halogens is 1. The molecule has 0 aliphatic heterocycles. The van der Waals surface area contributed by atoms with Crippen molar-refractivity contribution in [1.29, 1.82) is 5.26 Å². The molecule has 0 atom stereocenters. The fourth-order valence-electron chi connectivity index (χ4n) is 1.16. The predicted octanol–water partition coefficient (Wildman–Crippen LogP) is 2.62. The Kier molecular flexibility index (Phi) is 1.67. The van der Waals surface area contributed by atoms with E-state index in [1.165, 1.54) is 12.1 Å². The molecule has 2 nitrogen and oxygen atoms in total. The molecule has 0 saturated heterocycles. The Balaban J connectivity index is 2.91. The zero-order chi connectivity index (χ0) is 9.42. The summed E-state index contributed by atoms with van der Waals surface area (Å²) in [7, 11) is 0. The third-order valence-corrected chi connectivity index (χ3v) is 2.70. The average molecular weight is 193 g/mol. The second-order valence-electron chi connectivity index (χ2n) is 2.54. The van der Waals surface area contributed by atoms with E-state index in [-0.39, 0.29) is 11.3 Å². The van der Waals surface area contributed by atoms with Gasteiger partial charge in [-0.05, 0) is 18.2 Å². The van der Waals surface area contributed by atoms with E-state index in [4.69, 9.17) is 10.4 Å². The zero-order valence-electron chi connectivity index (χ0n) is 6.41. The smallest absolute Gasteiger partial charge is 0.195 e. The summed E-state index contributed by atoms with van der Waals surface area (Å²) in [5.41, 5.74) is 0.0101. The van der Waals surface area contributed by atoms with Crippen molar-refractivity contribution in [3.8, 4) is 11.8 Å². The van der Waals surface area contributed by atoms with Crippen LogP contribution in [-0.2, 0) is 0 Å². The van der Waals surface area contributed by atoms with Crippen LogP contribution >= 0.6 is 11.3 Å². The molecule has 0 bridgehead atoms. The first-order chi connectivity index (χ1) is 6.22. The molecular formula is C9H4FNOS. The zero-order valence-corrected chi connectivity index (χ0v) is 7.23. The molecule has 0 aliphatic carbocycles. The molecule has 0 saturated carbocycles. The lowest BCUT2D eigenvalue weighted by Crippen LogP contribution is -1.73. The number of phenols is 1. The van der Waals surface area contributed by atoms with Gasteiger partial charge >= 0.3 is 0 Å². The van der Waals surface area contributed by atoms with Gasteiger partial charge in [-0.2, -0.15) is 9.65 Å². The molecule has 0 radical (unpaired) electrons. The Morgan fingerprint density at radius 1 is 1.46 bits per heavy atom. The molecule has 0 fully saturated rings. The highest BCUT2D eigenvalue weighted by molar-refractivity contribution is 7.17. The number of hydrogen-bond donors (Lipinski definition) is 1. The standard InChI is InChI=1S/C9H4FNOS/c10-9-7(4-11)6-3-5(12)1-2-8(6)13-9/h1-3,12H. The number of nitrogens with zero attached hydrogens (tertiary/aromatic N) is 1. The summed E-state index contributed by atoms with van der Waals surface area (Å²) in [4.78, 5) is 0. The van der Waals surface area contributed by atoms with Crippen LogP contribution in [0.3, 0.4) is 0 Å². The summed E-state index contributed by atoms with van der Waals surface area (Å²) in [6, 6.07) is 6.23. The molecule has 4 heteroatoms. The normalized spacial score (nSPS) is 10.2. The van der Waals surface area contributed by atoms with E-state index in [0.29, 0.717) is 10.1 Å². The van der Waals surface area contributed by atoms with Crippen LogP contribution in [0.2, 0.25) is 0 Å². The Bertz CT molecular complexity index is 512. The lowest BCUT2D eigenvalue weighted by Gasteiger charge is -1.90. The van der Waals surface area contributed by atoms with Crippen molar-refractivity contribution in [3.63, 3.8) is 0 Å². The molecular weight excluding hydrogens is 189 g/mol. The molecule has 1 N–H and O–H groups in total. The molecule has 1 aromatic carbocycles. The van der Waals surface area contributed by atoms with Gasteiger partial charge in [-0.15, -0.1) is 11.3 Å². The van der Waals surface area contributed by atoms with Crippen molar-refractivity contribution < 1.29 is 9.50 Å². The fraction of sp³-hybridized carbons (Fsp3) is 0. The number of phenolic OH excluding ortho intramolecular Hbond substituents is 1. The van der Waals surface area contributed by atoms with Gasteiger partial charge in [-0.1, -0.05) is 0 Å². The molecule has 2 aromatic rings.